The Kier molecular flexibility index (Phi) is 7.47. The van der Waals surface area contributed by atoms with E-state index in [4.69, 9.17) is 9.47 Å². The summed E-state index contributed by atoms with van der Waals surface area (Å²) in [7, 11) is 0. The summed E-state index contributed by atoms with van der Waals surface area (Å²) in [5.74, 6) is -0.626. The van der Waals surface area contributed by atoms with Crippen LogP contribution in [0, 0.1) is 0 Å². The van der Waals surface area contributed by atoms with Gasteiger partial charge in [-0.15, -0.1) is 0 Å². The van der Waals surface area contributed by atoms with E-state index in [-0.39, 0.29) is 19.0 Å². The predicted octanol–water partition coefficient (Wildman–Crippen LogP) is 7.17. The van der Waals surface area contributed by atoms with Crippen LogP contribution < -0.4 is 10.1 Å². The molecular formula is C31H26F3NO3. The van der Waals surface area contributed by atoms with Crippen LogP contribution >= 0.6 is 0 Å². The molecule has 4 aromatic carbocycles. The van der Waals surface area contributed by atoms with Crippen LogP contribution in [0.5, 0.6) is 5.75 Å². The number of benzene rings is 4. The van der Waals surface area contributed by atoms with E-state index in [9.17, 15) is 18.0 Å². The predicted molar refractivity (Wildman–Crippen MR) is 141 cm³/mol. The van der Waals surface area contributed by atoms with Gasteiger partial charge in [-0.25, -0.2) is 4.79 Å². The van der Waals surface area contributed by atoms with Gasteiger partial charge in [0, 0.05) is 6.54 Å². The molecule has 0 bridgehead atoms. The highest BCUT2D eigenvalue weighted by molar-refractivity contribution is 6.04. The van der Waals surface area contributed by atoms with Gasteiger partial charge in [0.1, 0.15) is 19.0 Å². The molecule has 0 atom stereocenters. The minimum atomic E-state index is -4.50. The molecule has 5 rings (SSSR count). The Labute approximate surface area is 218 Å². The van der Waals surface area contributed by atoms with Crippen molar-refractivity contribution in [2.75, 3.05) is 13.1 Å². The summed E-state index contributed by atoms with van der Waals surface area (Å²) in [6.45, 7) is 1.56. The Morgan fingerprint density at radius 2 is 1.68 bits per heavy atom. The average molecular weight is 518 g/mol. The molecule has 0 amide bonds. The number of nitrogens with one attached hydrogen (secondary N) is 1. The molecule has 1 heterocycles. The first-order valence-corrected chi connectivity index (χ1v) is 12.4. The molecule has 194 valence electrons. The van der Waals surface area contributed by atoms with Crippen LogP contribution in [0.25, 0.3) is 16.3 Å². The highest BCUT2D eigenvalue weighted by atomic mass is 19.4. The Bertz CT molecular complexity index is 1490. The lowest BCUT2D eigenvalue weighted by atomic mass is 9.94. The van der Waals surface area contributed by atoms with Crippen molar-refractivity contribution in [2.24, 2.45) is 0 Å². The van der Waals surface area contributed by atoms with Crippen molar-refractivity contribution in [1.82, 2.24) is 5.32 Å². The summed E-state index contributed by atoms with van der Waals surface area (Å²) in [5.41, 5.74) is 3.24. The van der Waals surface area contributed by atoms with Crippen molar-refractivity contribution in [3.8, 4) is 5.75 Å². The number of esters is 1. The molecule has 0 saturated heterocycles. The van der Waals surface area contributed by atoms with Gasteiger partial charge in [0.2, 0.25) is 0 Å². The highest BCUT2D eigenvalue weighted by Crippen LogP contribution is 2.36. The van der Waals surface area contributed by atoms with Crippen molar-refractivity contribution < 1.29 is 27.4 Å². The number of rotatable bonds is 7. The lowest BCUT2D eigenvalue weighted by molar-refractivity contribution is -0.139. The molecule has 0 saturated carbocycles. The summed E-state index contributed by atoms with van der Waals surface area (Å²) in [6, 6.07) is 23.9. The van der Waals surface area contributed by atoms with E-state index in [0.717, 1.165) is 52.1 Å². The van der Waals surface area contributed by atoms with E-state index in [1.807, 2.05) is 48.5 Å². The van der Waals surface area contributed by atoms with Crippen molar-refractivity contribution in [3.63, 3.8) is 0 Å². The first-order chi connectivity index (χ1) is 18.4. The summed E-state index contributed by atoms with van der Waals surface area (Å²) >= 11 is 0. The molecule has 0 unspecified atom stereocenters. The summed E-state index contributed by atoms with van der Waals surface area (Å²) in [5, 5.41) is 5.07. The summed E-state index contributed by atoms with van der Waals surface area (Å²) in [6.07, 6.45) is -1.64. The van der Waals surface area contributed by atoms with Crippen LogP contribution in [-0.4, -0.2) is 19.1 Å². The zero-order valence-corrected chi connectivity index (χ0v) is 20.6. The van der Waals surface area contributed by atoms with E-state index in [2.05, 4.69) is 11.4 Å². The molecule has 4 nitrogen and oxygen atoms in total. The third-order valence-corrected chi connectivity index (χ3v) is 6.54. The average Bonchev–Trinajstić information content (AvgIpc) is 2.95. The zero-order chi connectivity index (χ0) is 26.5. The fourth-order valence-electron chi connectivity index (χ4n) is 4.62. The van der Waals surface area contributed by atoms with Gasteiger partial charge in [-0.05, 0) is 70.3 Å². The summed E-state index contributed by atoms with van der Waals surface area (Å²) < 4.78 is 51.4. The molecule has 4 aromatic rings. The summed E-state index contributed by atoms with van der Waals surface area (Å²) in [4.78, 5) is 13.0. The van der Waals surface area contributed by atoms with Crippen molar-refractivity contribution >= 4 is 22.3 Å². The molecule has 1 N–H and O–H groups in total. The van der Waals surface area contributed by atoms with Crippen molar-refractivity contribution in [1.29, 1.82) is 0 Å². The SMILES string of the molecule is O=C(OCc1ccc(COc2ccccc2C(F)(F)F)cc1C1=CCNCC1)c1cccc2ccccc12. The number of halogens is 3. The molecule has 7 heteroatoms. The van der Waals surface area contributed by atoms with Crippen LogP contribution in [0.1, 0.15) is 39.0 Å². The number of hydrogen-bond acceptors (Lipinski definition) is 4. The molecule has 38 heavy (non-hydrogen) atoms. The minimum Gasteiger partial charge on any atom is -0.488 e. The Morgan fingerprint density at radius 1 is 0.895 bits per heavy atom. The van der Waals surface area contributed by atoms with Gasteiger partial charge in [0.25, 0.3) is 0 Å². The molecule has 1 aliphatic heterocycles. The number of para-hydroxylation sites is 1. The second-order valence-corrected chi connectivity index (χ2v) is 9.06. The van der Waals surface area contributed by atoms with Crippen molar-refractivity contribution in [2.45, 2.75) is 25.8 Å². The van der Waals surface area contributed by atoms with E-state index >= 15 is 0 Å². The smallest absolute Gasteiger partial charge is 0.419 e. The van der Waals surface area contributed by atoms with Crippen LogP contribution in [0.15, 0.2) is 91.0 Å². The van der Waals surface area contributed by atoms with Gasteiger partial charge < -0.3 is 14.8 Å². The van der Waals surface area contributed by atoms with Crippen molar-refractivity contribution in [3.05, 3.63) is 119 Å². The first kappa shape index (κ1) is 25.5. The van der Waals surface area contributed by atoms with E-state index < -0.39 is 17.7 Å². The third-order valence-electron chi connectivity index (χ3n) is 6.54. The monoisotopic (exact) mass is 517 g/mol. The quantitative estimate of drug-likeness (QED) is 0.264. The van der Waals surface area contributed by atoms with Gasteiger partial charge in [-0.2, -0.15) is 13.2 Å². The van der Waals surface area contributed by atoms with Gasteiger partial charge in [0.15, 0.2) is 0 Å². The number of fused-ring (bicyclic) bond motifs is 1. The number of alkyl halides is 3. The molecular weight excluding hydrogens is 491 g/mol. The number of carbonyl (C=O) groups excluding carboxylic acids is 1. The maximum absolute atomic E-state index is 13.4. The number of hydrogen-bond donors (Lipinski definition) is 1. The topological polar surface area (TPSA) is 47.6 Å². The number of carbonyl (C=O) groups is 1. The second-order valence-electron chi connectivity index (χ2n) is 9.06. The van der Waals surface area contributed by atoms with Crippen LogP contribution in [-0.2, 0) is 24.1 Å². The maximum Gasteiger partial charge on any atom is 0.419 e. The zero-order valence-electron chi connectivity index (χ0n) is 20.6. The van der Waals surface area contributed by atoms with Gasteiger partial charge >= 0.3 is 12.1 Å². The van der Waals surface area contributed by atoms with E-state index in [1.165, 1.54) is 18.2 Å². The highest BCUT2D eigenvalue weighted by Gasteiger charge is 2.34. The lowest BCUT2D eigenvalue weighted by Gasteiger charge is -2.19. The first-order valence-electron chi connectivity index (χ1n) is 12.4. The van der Waals surface area contributed by atoms with Gasteiger partial charge in [-0.3, -0.25) is 0 Å². The molecule has 0 radical (unpaired) electrons. The van der Waals surface area contributed by atoms with Crippen LogP contribution in [0.4, 0.5) is 13.2 Å². The normalized spacial score (nSPS) is 13.7. The largest absolute Gasteiger partial charge is 0.488 e. The van der Waals surface area contributed by atoms with Gasteiger partial charge in [-0.1, -0.05) is 66.7 Å². The minimum absolute atomic E-state index is 0.0261. The van der Waals surface area contributed by atoms with E-state index in [0.29, 0.717) is 12.1 Å². The fourth-order valence-corrected chi connectivity index (χ4v) is 4.62. The number of ether oxygens (including phenoxy) is 2. The third kappa shape index (κ3) is 5.73. The molecule has 0 aromatic heterocycles. The second kappa shape index (κ2) is 11.1. The van der Waals surface area contributed by atoms with E-state index in [1.54, 1.807) is 12.1 Å². The van der Waals surface area contributed by atoms with Gasteiger partial charge in [0.05, 0.1) is 11.1 Å². The van der Waals surface area contributed by atoms with Crippen LogP contribution in [0.3, 0.4) is 0 Å². The molecule has 0 spiro atoms. The lowest BCUT2D eigenvalue weighted by Crippen LogP contribution is -2.20. The standard InChI is InChI=1S/C31H26F3NO3/c32-31(33,34)28-10-3-4-11-29(28)37-19-21-12-13-24(27(18-21)23-14-16-35-17-15-23)20-38-30(36)26-9-5-7-22-6-1-2-8-25(22)26/h1-14,18,35H,15-17,19-20H2. The maximum atomic E-state index is 13.4. The Hall–Kier alpha value is -4.10. The Morgan fingerprint density at radius 3 is 2.50 bits per heavy atom. The fraction of sp³-hybridized carbons (Fsp3) is 0.194. The Balaban J connectivity index is 1.37. The molecule has 1 aliphatic rings. The molecule has 0 aliphatic carbocycles. The molecule has 0 fully saturated rings. The van der Waals surface area contributed by atoms with Crippen LogP contribution in [0.2, 0.25) is 0 Å².